The minimum absolute atomic E-state index is 0.179. The summed E-state index contributed by atoms with van der Waals surface area (Å²) in [5.41, 5.74) is 10.1. The Labute approximate surface area is 138 Å². The summed E-state index contributed by atoms with van der Waals surface area (Å²) in [5, 5.41) is 10.2. The molecule has 0 fully saturated rings. The van der Waals surface area contributed by atoms with Gasteiger partial charge in [0.25, 0.3) is 0 Å². The molecule has 1 atom stereocenters. The van der Waals surface area contributed by atoms with Crippen LogP contribution in [0.25, 0.3) is 0 Å². The number of amides is 4. The molecule has 10 heteroatoms. The van der Waals surface area contributed by atoms with E-state index < -0.39 is 23.1 Å². The van der Waals surface area contributed by atoms with Crippen LogP contribution in [0.5, 0.6) is 0 Å². The Morgan fingerprint density at radius 2 is 1.87 bits per heavy atom. The number of nitrogens with one attached hydrogen (secondary N) is 1. The zero-order valence-corrected chi connectivity index (χ0v) is 14.2. The summed E-state index contributed by atoms with van der Waals surface area (Å²) in [7, 11) is 0. The van der Waals surface area contributed by atoms with Gasteiger partial charge in [-0.2, -0.15) is 0 Å². The second kappa shape index (κ2) is 8.51. The fourth-order valence-electron chi connectivity index (χ4n) is 1.81. The maximum Gasteiger partial charge on any atom is 0.318 e. The molecule has 0 aliphatic heterocycles. The van der Waals surface area contributed by atoms with Crippen molar-refractivity contribution in [3.63, 3.8) is 0 Å². The topological polar surface area (TPSA) is 146 Å². The summed E-state index contributed by atoms with van der Waals surface area (Å²) in [4.78, 5) is 33.4. The number of urea groups is 1. The van der Waals surface area contributed by atoms with Crippen molar-refractivity contribution in [3.05, 3.63) is 5.82 Å². The Morgan fingerprint density at radius 1 is 1.22 bits per heavy atom. The maximum atomic E-state index is 11.8. The third-order valence-electron chi connectivity index (χ3n) is 2.83. The van der Waals surface area contributed by atoms with Gasteiger partial charge in [0.05, 0.1) is 5.25 Å². The molecule has 0 aliphatic rings. The van der Waals surface area contributed by atoms with Crippen LogP contribution in [0.3, 0.4) is 0 Å². The predicted octanol–water partition coefficient (Wildman–Crippen LogP) is 0.0275. The zero-order valence-electron chi connectivity index (χ0n) is 13.4. The fourth-order valence-corrected chi connectivity index (χ4v) is 2.69. The SMILES string of the molecule is CC(C)Cn1c(CCC(N)=O)nnc1SC(C)C(=O)NC(N)=O. The summed E-state index contributed by atoms with van der Waals surface area (Å²) in [6.07, 6.45) is 0.566. The van der Waals surface area contributed by atoms with Gasteiger partial charge in [-0.1, -0.05) is 25.6 Å². The molecular formula is C13H22N6O3S. The number of hydrogen-bond donors (Lipinski definition) is 3. The van der Waals surface area contributed by atoms with Crippen LogP contribution in [0.1, 0.15) is 33.0 Å². The third-order valence-corrected chi connectivity index (χ3v) is 3.91. The number of imide groups is 1. The van der Waals surface area contributed by atoms with Gasteiger partial charge in [-0.25, -0.2) is 4.79 Å². The lowest BCUT2D eigenvalue weighted by Gasteiger charge is -2.14. The largest absolute Gasteiger partial charge is 0.370 e. The van der Waals surface area contributed by atoms with E-state index in [2.05, 4.69) is 10.2 Å². The van der Waals surface area contributed by atoms with Crippen LogP contribution in [-0.4, -0.2) is 37.9 Å². The predicted molar refractivity (Wildman–Crippen MR) is 85.4 cm³/mol. The molecule has 9 nitrogen and oxygen atoms in total. The molecule has 23 heavy (non-hydrogen) atoms. The molecule has 0 aliphatic carbocycles. The number of aromatic nitrogens is 3. The van der Waals surface area contributed by atoms with Gasteiger partial charge in [-0.15, -0.1) is 10.2 Å². The Kier molecular flexibility index (Phi) is 7.01. The third kappa shape index (κ3) is 6.27. The van der Waals surface area contributed by atoms with Crippen LogP contribution >= 0.6 is 11.8 Å². The smallest absolute Gasteiger partial charge is 0.318 e. The molecule has 1 rings (SSSR count). The zero-order chi connectivity index (χ0) is 17.6. The Bertz CT molecular complexity index is 586. The molecule has 128 valence electrons. The van der Waals surface area contributed by atoms with Crippen molar-refractivity contribution in [1.82, 2.24) is 20.1 Å². The molecule has 0 bridgehead atoms. The van der Waals surface area contributed by atoms with E-state index in [1.54, 1.807) is 6.92 Å². The number of hydrogen-bond acceptors (Lipinski definition) is 6. The lowest BCUT2D eigenvalue weighted by molar-refractivity contribution is -0.119. The normalized spacial score (nSPS) is 12.2. The lowest BCUT2D eigenvalue weighted by atomic mass is 10.2. The number of nitrogens with two attached hydrogens (primary N) is 2. The second-order valence-electron chi connectivity index (χ2n) is 5.48. The van der Waals surface area contributed by atoms with Gasteiger partial charge >= 0.3 is 6.03 Å². The van der Waals surface area contributed by atoms with E-state index in [1.165, 1.54) is 11.8 Å². The van der Waals surface area contributed by atoms with E-state index in [9.17, 15) is 14.4 Å². The van der Waals surface area contributed by atoms with Crippen molar-refractivity contribution in [2.45, 2.75) is 50.6 Å². The summed E-state index contributed by atoms with van der Waals surface area (Å²) < 4.78 is 1.87. The molecule has 0 spiro atoms. The van der Waals surface area contributed by atoms with Gasteiger partial charge < -0.3 is 16.0 Å². The molecule has 0 aromatic carbocycles. The first-order valence-electron chi connectivity index (χ1n) is 7.18. The van der Waals surface area contributed by atoms with Gasteiger partial charge in [0.1, 0.15) is 5.82 Å². The van der Waals surface area contributed by atoms with Crippen molar-refractivity contribution >= 4 is 29.6 Å². The average molecular weight is 342 g/mol. The van der Waals surface area contributed by atoms with Crippen molar-refractivity contribution in [2.24, 2.45) is 17.4 Å². The monoisotopic (exact) mass is 342 g/mol. The molecule has 4 amide bonds. The van der Waals surface area contributed by atoms with Crippen LogP contribution in [0.2, 0.25) is 0 Å². The number of thioether (sulfide) groups is 1. The van der Waals surface area contributed by atoms with Crippen molar-refractivity contribution in [2.75, 3.05) is 0 Å². The number of carbonyl (C=O) groups is 3. The Morgan fingerprint density at radius 3 is 2.39 bits per heavy atom. The first-order chi connectivity index (χ1) is 10.7. The molecule has 0 saturated carbocycles. The average Bonchev–Trinajstić information content (AvgIpc) is 2.77. The van der Waals surface area contributed by atoms with E-state index in [1.807, 2.05) is 23.7 Å². The van der Waals surface area contributed by atoms with Crippen molar-refractivity contribution in [1.29, 1.82) is 0 Å². The highest BCUT2D eigenvalue weighted by Gasteiger charge is 2.21. The molecule has 5 N–H and O–H groups in total. The first-order valence-corrected chi connectivity index (χ1v) is 8.06. The van der Waals surface area contributed by atoms with Crippen LogP contribution < -0.4 is 16.8 Å². The van der Waals surface area contributed by atoms with Crippen LogP contribution in [0.4, 0.5) is 4.79 Å². The van der Waals surface area contributed by atoms with Crippen LogP contribution in [-0.2, 0) is 22.6 Å². The van der Waals surface area contributed by atoms with Crippen molar-refractivity contribution in [3.8, 4) is 0 Å². The quantitative estimate of drug-likeness (QED) is 0.568. The Balaban J connectivity index is 2.90. The van der Waals surface area contributed by atoms with Gasteiger partial charge in [-0.05, 0) is 12.8 Å². The van der Waals surface area contributed by atoms with E-state index in [0.717, 1.165) is 0 Å². The van der Waals surface area contributed by atoms with E-state index in [-0.39, 0.29) is 6.42 Å². The number of carbonyl (C=O) groups excluding carboxylic acids is 3. The van der Waals surface area contributed by atoms with Crippen LogP contribution in [0.15, 0.2) is 5.16 Å². The molecule has 0 radical (unpaired) electrons. The number of primary amides is 2. The van der Waals surface area contributed by atoms with Crippen LogP contribution in [0, 0.1) is 5.92 Å². The highest BCUT2D eigenvalue weighted by molar-refractivity contribution is 8.00. The number of aryl methyl sites for hydroxylation is 1. The van der Waals surface area contributed by atoms with E-state index >= 15 is 0 Å². The van der Waals surface area contributed by atoms with Gasteiger partial charge in [0.2, 0.25) is 11.8 Å². The molecule has 1 heterocycles. The minimum atomic E-state index is -0.895. The lowest BCUT2D eigenvalue weighted by Crippen LogP contribution is -2.39. The summed E-state index contributed by atoms with van der Waals surface area (Å²) in [5.74, 6) is 0.0581. The standard InChI is InChI=1S/C13H22N6O3S/c1-7(2)6-19-10(5-4-9(14)20)17-18-13(19)23-8(3)11(21)16-12(15)22/h7-8H,4-6H2,1-3H3,(H2,14,20)(H3,15,16,21,22). The van der Waals surface area contributed by atoms with Crippen molar-refractivity contribution < 1.29 is 14.4 Å². The van der Waals surface area contributed by atoms with Gasteiger partial charge in [-0.3, -0.25) is 14.9 Å². The molecular weight excluding hydrogens is 320 g/mol. The van der Waals surface area contributed by atoms with Gasteiger partial charge in [0.15, 0.2) is 5.16 Å². The maximum absolute atomic E-state index is 11.8. The fraction of sp³-hybridized carbons (Fsp3) is 0.615. The minimum Gasteiger partial charge on any atom is -0.370 e. The highest BCUT2D eigenvalue weighted by atomic mass is 32.2. The van der Waals surface area contributed by atoms with Gasteiger partial charge in [0, 0.05) is 19.4 Å². The molecule has 1 aromatic heterocycles. The summed E-state index contributed by atoms with van der Waals surface area (Å²) in [6.45, 7) is 6.36. The summed E-state index contributed by atoms with van der Waals surface area (Å²) in [6, 6.07) is -0.895. The highest BCUT2D eigenvalue weighted by Crippen LogP contribution is 2.24. The van der Waals surface area contributed by atoms with E-state index in [0.29, 0.717) is 29.9 Å². The number of nitrogens with zero attached hydrogens (tertiary/aromatic N) is 3. The Hall–Kier alpha value is -2.10. The first kappa shape index (κ1) is 18.9. The van der Waals surface area contributed by atoms with E-state index in [4.69, 9.17) is 11.5 Å². The molecule has 1 unspecified atom stereocenters. The number of rotatable bonds is 8. The molecule has 1 aromatic rings. The second-order valence-corrected chi connectivity index (χ2v) is 6.79. The summed E-state index contributed by atoms with van der Waals surface area (Å²) >= 11 is 1.17. The molecule has 0 saturated heterocycles.